The van der Waals surface area contributed by atoms with Crippen LogP contribution in [0.1, 0.15) is 28.4 Å². The van der Waals surface area contributed by atoms with Crippen LogP contribution in [0.4, 0.5) is 0 Å². The molecule has 0 heterocycles. The zero-order valence-corrected chi connectivity index (χ0v) is 14.6. The van der Waals surface area contributed by atoms with Crippen molar-refractivity contribution in [1.29, 1.82) is 0 Å². The summed E-state index contributed by atoms with van der Waals surface area (Å²) in [5, 5.41) is 8.73. The largest absolute Gasteiger partial charge is 0.496 e. The number of rotatable bonds is 8. The van der Waals surface area contributed by atoms with Crippen molar-refractivity contribution >= 4 is 18.0 Å². The molecule has 0 spiro atoms. The summed E-state index contributed by atoms with van der Waals surface area (Å²) in [5.74, 6) is -0.283. The molecule has 136 valence electrons. The normalized spacial score (nSPS) is 10.5. The zero-order valence-electron chi connectivity index (χ0n) is 14.6. The first-order valence-corrected chi connectivity index (χ1v) is 8.01. The van der Waals surface area contributed by atoms with E-state index in [2.05, 4.69) is 0 Å². The van der Waals surface area contributed by atoms with Crippen LogP contribution in [0.3, 0.4) is 0 Å². The molecule has 0 amide bonds. The number of carboxylic acid groups (broad SMARTS) is 1. The second kappa shape index (κ2) is 9.27. The van der Waals surface area contributed by atoms with Gasteiger partial charge in [0.25, 0.3) is 0 Å². The fourth-order valence-corrected chi connectivity index (χ4v) is 2.27. The number of hydrogen-bond acceptors (Lipinski definition) is 5. The Morgan fingerprint density at radius 2 is 1.96 bits per heavy atom. The van der Waals surface area contributed by atoms with E-state index in [0.717, 1.165) is 11.6 Å². The van der Waals surface area contributed by atoms with E-state index in [9.17, 15) is 9.59 Å². The molecule has 0 bridgehead atoms. The van der Waals surface area contributed by atoms with E-state index in [1.54, 1.807) is 56.5 Å². The summed E-state index contributed by atoms with van der Waals surface area (Å²) in [6.45, 7) is 2.25. The van der Waals surface area contributed by atoms with Gasteiger partial charge in [-0.2, -0.15) is 0 Å². The number of carbonyl (C=O) groups excluding carboxylic acids is 1. The van der Waals surface area contributed by atoms with Crippen LogP contribution in [-0.4, -0.2) is 30.8 Å². The molecule has 0 aliphatic carbocycles. The van der Waals surface area contributed by atoms with Crippen LogP contribution in [0.5, 0.6) is 11.5 Å². The third-order valence-electron chi connectivity index (χ3n) is 3.46. The van der Waals surface area contributed by atoms with E-state index in [-0.39, 0.29) is 6.61 Å². The molecule has 0 aliphatic heterocycles. The molecule has 0 saturated carbocycles. The number of methoxy groups -OCH3 is 1. The van der Waals surface area contributed by atoms with E-state index < -0.39 is 11.9 Å². The molecule has 1 N–H and O–H groups in total. The third kappa shape index (κ3) is 5.37. The molecule has 0 saturated heterocycles. The molecule has 0 fully saturated rings. The first kappa shape index (κ1) is 19.1. The Bertz CT molecular complexity index is 810. The van der Waals surface area contributed by atoms with Crippen molar-refractivity contribution in [3.8, 4) is 11.5 Å². The standard InChI is InChI=1S/C20H20O6/c1-3-25-20(23)15-5-4-6-17(12-15)26-13-16-11-14(8-10-19(21)22)7-9-18(16)24-2/h4-12H,3,13H2,1-2H3,(H,21,22). The molecule has 2 aromatic carbocycles. The van der Waals surface area contributed by atoms with Gasteiger partial charge in [-0.15, -0.1) is 0 Å². The lowest BCUT2D eigenvalue weighted by atomic mass is 10.1. The van der Waals surface area contributed by atoms with Crippen LogP contribution in [0, 0.1) is 0 Å². The van der Waals surface area contributed by atoms with E-state index in [0.29, 0.717) is 29.2 Å². The molecule has 0 radical (unpaired) electrons. The van der Waals surface area contributed by atoms with Crippen LogP contribution in [0.2, 0.25) is 0 Å². The number of ether oxygens (including phenoxy) is 3. The summed E-state index contributed by atoms with van der Waals surface area (Å²) in [6.07, 6.45) is 2.56. The van der Waals surface area contributed by atoms with E-state index >= 15 is 0 Å². The first-order valence-electron chi connectivity index (χ1n) is 8.01. The molecule has 0 aromatic heterocycles. The van der Waals surface area contributed by atoms with Gasteiger partial charge in [0.05, 0.1) is 19.3 Å². The van der Waals surface area contributed by atoms with E-state index in [4.69, 9.17) is 19.3 Å². The Kier molecular flexibility index (Phi) is 6.79. The average Bonchev–Trinajstić information content (AvgIpc) is 2.65. The third-order valence-corrected chi connectivity index (χ3v) is 3.46. The van der Waals surface area contributed by atoms with Crippen molar-refractivity contribution in [2.75, 3.05) is 13.7 Å². The molecule has 0 aliphatic rings. The number of benzene rings is 2. The average molecular weight is 356 g/mol. The van der Waals surface area contributed by atoms with E-state index in [1.165, 1.54) is 6.08 Å². The Morgan fingerprint density at radius 1 is 1.15 bits per heavy atom. The molecule has 0 unspecified atom stereocenters. The van der Waals surface area contributed by atoms with Crippen LogP contribution in [0.15, 0.2) is 48.5 Å². The highest BCUT2D eigenvalue weighted by Crippen LogP contribution is 2.23. The maximum atomic E-state index is 11.8. The SMILES string of the molecule is CCOC(=O)c1cccc(OCc2cc(C=CC(=O)O)ccc2OC)c1. The Balaban J connectivity index is 2.15. The number of esters is 1. The van der Waals surface area contributed by atoms with Gasteiger partial charge in [0.15, 0.2) is 0 Å². The summed E-state index contributed by atoms with van der Waals surface area (Å²) in [6, 6.07) is 12.0. The summed E-state index contributed by atoms with van der Waals surface area (Å²) >= 11 is 0. The van der Waals surface area contributed by atoms with Crippen molar-refractivity contribution in [2.24, 2.45) is 0 Å². The molecular weight excluding hydrogens is 336 g/mol. The summed E-state index contributed by atoms with van der Waals surface area (Å²) in [4.78, 5) is 22.4. The predicted molar refractivity (Wildman–Crippen MR) is 96.4 cm³/mol. The molecule has 0 atom stereocenters. The quantitative estimate of drug-likeness (QED) is 0.575. The summed E-state index contributed by atoms with van der Waals surface area (Å²) in [7, 11) is 1.55. The van der Waals surface area contributed by atoms with E-state index in [1.807, 2.05) is 0 Å². The second-order valence-electron chi connectivity index (χ2n) is 5.28. The number of hydrogen-bond donors (Lipinski definition) is 1. The van der Waals surface area contributed by atoms with Crippen molar-refractivity contribution in [3.63, 3.8) is 0 Å². The topological polar surface area (TPSA) is 82.1 Å². The number of carboxylic acids is 1. The highest BCUT2D eigenvalue weighted by Gasteiger charge is 2.09. The fourth-order valence-electron chi connectivity index (χ4n) is 2.27. The summed E-state index contributed by atoms with van der Waals surface area (Å²) in [5.41, 5.74) is 1.88. The lowest BCUT2D eigenvalue weighted by Gasteiger charge is -2.12. The lowest BCUT2D eigenvalue weighted by molar-refractivity contribution is -0.131. The van der Waals surface area contributed by atoms with Crippen LogP contribution in [0.25, 0.3) is 6.08 Å². The highest BCUT2D eigenvalue weighted by atomic mass is 16.5. The Hall–Kier alpha value is -3.28. The molecular formula is C20H20O6. The maximum absolute atomic E-state index is 11.8. The molecule has 26 heavy (non-hydrogen) atoms. The van der Waals surface area contributed by atoms with Gasteiger partial charge in [0.2, 0.25) is 0 Å². The number of aliphatic carboxylic acids is 1. The van der Waals surface area contributed by atoms with Crippen molar-refractivity contribution in [1.82, 2.24) is 0 Å². The van der Waals surface area contributed by atoms with Gasteiger partial charge in [0, 0.05) is 11.6 Å². The van der Waals surface area contributed by atoms with Gasteiger partial charge in [0.1, 0.15) is 18.1 Å². The minimum atomic E-state index is -1.02. The zero-order chi connectivity index (χ0) is 18.9. The predicted octanol–water partition coefficient (Wildman–Crippen LogP) is 3.55. The van der Waals surface area contributed by atoms with Crippen molar-refractivity contribution in [2.45, 2.75) is 13.5 Å². The minimum Gasteiger partial charge on any atom is -0.496 e. The molecule has 2 aromatic rings. The molecule has 2 rings (SSSR count). The minimum absolute atomic E-state index is 0.199. The van der Waals surface area contributed by atoms with Crippen LogP contribution < -0.4 is 9.47 Å². The van der Waals surface area contributed by atoms with Gasteiger partial charge in [-0.25, -0.2) is 9.59 Å². The van der Waals surface area contributed by atoms with Gasteiger partial charge in [-0.3, -0.25) is 0 Å². The fraction of sp³-hybridized carbons (Fsp3) is 0.200. The van der Waals surface area contributed by atoms with Gasteiger partial charge in [-0.1, -0.05) is 12.1 Å². The second-order valence-corrected chi connectivity index (χ2v) is 5.28. The lowest BCUT2D eigenvalue weighted by Crippen LogP contribution is -2.05. The molecule has 6 nitrogen and oxygen atoms in total. The first-order chi connectivity index (χ1) is 12.5. The highest BCUT2D eigenvalue weighted by molar-refractivity contribution is 5.89. The Morgan fingerprint density at radius 3 is 2.65 bits per heavy atom. The molecule has 6 heteroatoms. The van der Waals surface area contributed by atoms with Crippen molar-refractivity contribution in [3.05, 3.63) is 65.2 Å². The van der Waals surface area contributed by atoms with Crippen molar-refractivity contribution < 1.29 is 28.9 Å². The monoisotopic (exact) mass is 356 g/mol. The Labute approximate surface area is 151 Å². The van der Waals surface area contributed by atoms with Crippen LogP contribution in [-0.2, 0) is 16.1 Å². The number of carbonyl (C=O) groups is 2. The van der Waals surface area contributed by atoms with Gasteiger partial charge < -0.3 is 19.3 Å². The van der Waals surface area contributed by atoms with Gasteiger partial charge >= 0.3 is 11.9 Å². The van der Waals surface area contributed by atoms with Gasteiger partial charge in [-0.05, 0) is 48.9 Å². The maximum Gasteiger partial charge on any atom is 0.338 e. The summed E-state index contributed by atoms with van der Waals surface area (Å²) < 4.78 is 16.0. The van der Waals surface area contributed by atoms with Crippen LogP contribution >= 0.6 is 0 Å². The smallest absolute Gasteiger partial charge is 0.338 e.